The van der Waals surface area contributed by atoms with Crippen LogP contribution in [0.5, 0.6) is 0 Å². The molecule has 4 rings (SSSR count). The molecule has 0 bridgehead atoms. The molecule has 1 saturated heterocycles. The second-order valence-electron chi connectivity index (χ2n) is 7.90. The van der Waals surface area contributed by atoms with Crippen molar-refractivity contribution < 1.29 is 14.4 Å². The molecule has 152 valence electrons. The predicted molar refractivity (Wildman–Crippen MR) is 108 cm³/mol. The Kier molecular flexibility index (Phi) is 5.84. The van der Waals surface area contributed by atoms with Crippen molar-refractivity contribution in [3.63, 3.8) is 0 Å². The van der Waals surface area contributed by atoms with Crippen molar-refractivity contribution in [2.45, 2.75) is 62.9 Å². The third-order valence-corrected chi connectivity index (χ3v) is 6.08. The Labute approximate surface area is 170 Å². The number of amides is 4. The third-order valence-electron chi connectivity index (χ3n) is 6.08. The lowest BCUT2D eigenvalue weighted by atomic mass is 9.87. The number of carbonyl (C=O) groups excluding carboxylic acids is 3. The summed E-state index contributed by atoms with van der Waals surface area (Å²) in [5.74, 6) is -0.311. The van der Waals surface area contributed by atoms with Gasteiger partial charge in [-0.05, 0) is 55.4 Å². The van der Waals surface area contributed by atoms with Crippen molar-refractivity contribution >= 4 is 35.9 Å². The molecular formula is C20H27ClN4O3. The van der Waals surface area contributed by atoms with E-state index in [-0.39, 0.29) is 49.3 Å². The lowest BCUT2D eigenvalue weighted by Gasteiger charge is -2.27. The Hall–Kier alpha value is -2.28. The van der Waals surface area contributed by atoms with Gasteiger partial charge in [0.1, 0.15) is 5.54 Å². The highest BCUT2D eigenvalue weighted by atomic mass is 35.5. The molecule has 4 amide bonds. The summed E-state index contributed by atoms with van der Waals surface area (Å²) < 4.78 is 0. The lowest BCUT2D eigenvalue weighted by Crippen LogP contribution is -2.44. The quantitative estimate of drug-likeness (QED) is 0.527. The monoisotopic (exact) mass is 406 g/mol. The number of anilines is 1. The molecule has 1 aliphatic heterocycles. The molecule has 1 atom stereocenters. The highest BCUT2D eigenvalue weighted by molar-refractivity contribution is 6.07. The minimum atomic E-state index is -0.712. The van der Waals surface area contributed by atoms with Crippen LogP contribution in [0.15, 0.2) is 18.2 Å². The smallest absolute Gasteiger partial charge is 0.325 e. The summed E-state index contributed by atoms with van der Waals surface area (Å²) in [5.41, 5.74) is 8.18. The zero-order valence-electron chi connectivity index (χ0n) is 15.8. The van der Waals surface area contributed by atoms with Crippen LogP contribution < -0.4 is 16.4 Å². The fourth-order valence-electron chi connectivity index (χ4n) is 4.66. The van der Waals surface area contributed by atoms with Gasteiger partial charge in [-0.25, -0.2) is 4.79 Å². The average molecular weight is 407 g/mol. The van der Waals surface area contributed by atoms with E-state index in [4.69, 9.17) is 5.73 Å². The third kappa shape index (κ3) is 3.68. The highest BCUT2D eigenvalue weighted by Gasteiger charge is 2.52. The summed E-state index contributed by atoms with van der Waals surface area (Å²) >= 11 is 0. The summed E-state index contributed by atoms with van der Waals surface area (Å²) in [7, 11) is 0. The number of nitrogen functional groups attached to an aromatic ring is 1. The maximum absolute atomic E-state index is 12.6. The summed E-state index contributed by atoms with van der Waals surface area (Å²) in [6.45, 7) is 0.125. The maximum atomic E-state index is 12.6. The fraction of sp³-hybridized carbons (Fsp3) is 0.550. The minimum Gasteiger partial charge on any atom is -0.399 e. The average Bonchev–Trinajstić information content (AvgIpc) is 3.19. The van der Waals surface area contributed by atoms with Crippen LogP contribution in [0.1, 0.15) is 62.1 Å². The SMILES string of the molecule is Cl.Nc1ccc2c(c1)CCCC2NC(=O)CCN1C(=O)NC2(CCCC2)C1=O. The first kappa shape index (κ1) is 20.5. The molecule has 7 nitrogen and oxygen atoms in total. The van der Waals surface area contributed by atoms with Crippen molar-refractivity contribution in [2.24, 2.45) is 0 Å². The van der Waals surface area contributed by atoms with Crippen LogP contribution in [0.25, 0.3) is 0 Å². The number of fused-ring (bicyclic) bond motifs is 1. The molecule has 8 heteroatoms. The largest absolute Gasteiger partial charge is 0.399 e. The number of urea groups is 1. The molecule has 0 aromatic heterocycles. The van der Waals surface area contributed by atoms with E-state index in [1.165, 1.54) is 10.5 Å². The number of nitrogens with two attached hydrogens (primary N) is 1. The van der Waals surface area contributed by atoms with Gasteiger partial charge >= 0.3 is 6.03 Å². The number of halogens is 1. The van der Waals surface area contributed by atoms with Crippen LogP contribution in [0, 0.1) is 0 Å². The minimum absolute atomic E-state index is 0. The van der Waals surface area contributed by atoms with Crippen molar-refractivity contribution in [3.8, 4) is 0 Å². The van der Waals surface area contributed by atoms with E-state index in [1.54, 1.807) is 0 Å². The van der Waals surface area contributed by atoms with Crippen LogP contribution >= 0.6 is 12.4 Å². The van der Waals surface area contributed by atoms with Gasteiger partial charge in [0.05, 0.1) is 6.04 Å². The van der Waals surface area contributed by atoms with Gasteiger partial charge in [0.15, 0.2) is 0 Å². The van der Waals surface area contributed by atoms with E-state index in [9.17, 15) is 14.4 Å². The number of imide groups is 1. The molecule has 1 spiro atoms. The fourth-order valence-corrected chi connectivity index (χ4v) is 4.66. The van der Waals surface area contributed by atoms with E-state index in [0.717, 1.165) is 43.4 Å². The number of carbonyl (C=O) groups is 3. The van der Waals surface area contributed by atoms with Gasteiger partial charge in [-0.3, -0.25) is 14.5 Å². The molecule has 4 N–H and O–H groups in total. The Morgan fingerprint density at radius 3 is 2.75 bits per heavy atom. The Balaban J connectivity index is 0.00000225. The van der Waals surface area contributed by atoms with E-state index in [1.807, 2.05) is 18.2 Å². The Morgan fingerprint density at radius 1 is 1.25 bits per heavy atom. The summed E-state index contributed by atoms with van der Waals surface area (Å²) in [4.78, 5) is 38.5. The first-order chi connectivity index (χ1) is 13.0. The van der Waals surface area contributed by atoms with Gasteiger partial charge in [0.2, 0.25) is 5.91 Å². The standard InChI is InChI=1S/C20H26N4O3.ClH/c21-14-6-7-15-13(12-14)4-3-5-16(15)22-17(25)8-11-24-18(26)20(23-19(24)27)9-1-2-10-20;/h6-7,12,16H,1-5,8-11,21H2,(H,22,25)(H,23,27);1H. The summed E-state index contributed by atoms with van der Waals surface area (Å²) in [6.07, 6.45) is 6.27. The van der Waals surface area contributed by atoms with E-state index in [0.29, 0.717) is 12.8 Å². The zero-order chi connectivity index (χ0) is 19.0. The summed E-state index contributed by atoms with van der Waals surface area (Å²) in [6, 6.07) is 5.41. The maximum Gasteiger partial charge on any atom is 0.325 e. The van der Waals surface area contributed by atoms with Crippen molar-refractivity contribution in [2.75, 3.05) is 12.3 Å². The Morgan fingerprint density at radius 2 is 2.00 bits per heavy atom. The van der Waals surface area contributed by atoms with Gasteiger partial charge in [-0.1, -0.05) is 18.9 Å². The van der Waals surface area contributed by atoms with E-state index >= 15 is 0 Å². The molecule has 1 unspecified atom stereocenters. The number of aryl methyl sites for hydroxylation is 1. The van der Waals surface area contributed by atoms with Crippen LogP contribution in [0.2, 0.25) is 0 Å². The van der Waals surface area contributed by atoms with Crippen molar-refractivity contribution in [1.29, 1.82) is 0 Å². The molecular weight excluding hydrogens is 380 g/mol. The number of hydrogen-bond donors (Lipinski definition) is 3. The van der Waals surface area contributed by atoms with E-state index in [2.05, 4.69) is 10.6 Å². The second kappa shape index (κ2) is 7.99. The second-order valence-corrected chi connectivity index (χ2v) is 7.90. The van der Waals surface area contributed by atoms with Gasteiger partial charge in [0.25, 0.3) is 5.91 Å². The van der Waals surface area contributed by atoms with Gasteiger partial charge in [-0.15, -0.1) is 12.4 Å². The number of rotatable bonds is 4. The van der Waals surface area contributed by atoms with Crippen molar-refractivity contribution in [1.82, 2.24) is 15.5 Å². The topological polar surface area (TPSA) is 105 Å². The van der Waals surface area contributed by atoms with E-state index < -0.39 is 5.54 Å². The molecule has 0 radical (unpaired) electrons. The van der Waals surface area contributed by atoms with Crippen LogP contribution in [-0.4, -0.2) is 34.8 Å². The van der Waals surface area contributed by atoms with Gasteiger partial charge < -0.3 is 16.4 Å². The lowest BCUT2D eigenvalue weighted by molar-refractivity contribution is -0.131. The molecule has 2 fully saturated rings. The molecule has 1 saturated carbocycles. The number of hydrogen-bond acceptors (Lipinski definition) is 4. The normalized spacial score (nSPS) is 22.6. The molecule has 1 heterocycles. The molecule has 28 heavy (non-hydrogen) atoms. The van der Waals surface area contributed by atoms with Crippen LogP contribution in [0.4, 0.5) is 10.5 Å². The van der Waals surface area contributed by atoms with Gasteiger partial charge in [-0.2, -0.15) is 0 Å². The van der Waals surface area contributed by atoms with Gasteiger partial charge in [0, 0.05) is 18.7 Å². The predicted octanol–water partition coefficient (Wildman–Crippen LogP) is 2.44. The van der Waals surface area contributed by atoms with Crippen LogP contribution in [-0.2, 0) is 16.0 Å². The van der Waals surface area contributed by atoms with Crippen molar-refractivity contribution in [3.05, 3.63) is 29.3 Å². The molecule has 1 aromatic rings. The number of benzene rings is 1. The number of nitrogens with one attached hydrogen (secondary N) is 2. The van der Waals surface area contributed by atoms with Crippen LogP contribution in [0.3, 0.4) is 0 Å². The highest BCUT2D eigenvalue weighted by Crippen LogP contribution is 2.35. The number of nitrogens with zero attached hydrogens (tertiary/aromatic N) is 1. The molecule has 3 aliphatic rings. The first-order valence-electron chi connectivity index (χ1n) is 9.80. The molecule has 1 aromatic carbocycles. The molecule has 2 aliphatic carbocycles. The first-order valence-corrected chi connectivity index (χ1v) is 9.80. The zero-order valence-corrected chi connectivity index (χ0v) is 16.6. The Bertz CT molecular complexity index is 792. The summed E-state index contributed by atoms with van der Waals surface area (Å²) in [5, 5.41) is 5.91.